The lowest BCUT2D eigenvalue weighted by Crippen LogP contribution is -1.81. The topological polar surface area (TPSA) is 29.4 Å². The Morgan fingerprint density at radius 3 is 2.36 bits per heavy atom. The van der Waals surface area contributed by atoms with Gasteiger partial charge in [-0.15, -0.1) is 4.91 Å². The van der Waals surface area contributed by atoms with Crippen LogP contribution in [-0.4, -0.2) is 0 Å². The first-order valence-corrected chi connectivity index (χ1v) is 2.66. The van der Waals surface area contributed by atoms with Gasteiger partial charge in [0.15, 0.2) is 0 Å². The number of hydrogen-bond acceptors (Lipinski definition) is 2. The van der Waals surface area contributed by atoms with Crippen LogP contribution in [0, 0.1) is 25.5 Å². The van der Waals surface area contributed by atoms with Gasteiger partial charge in [0.1, 0.15) is 5.69 Å². The van der Waals surface area contributed by atoms with Crippen LogP contribution in [0.5, 0.6) is 0 Å². The Labute approximate surface area is 81.7 Å². The molecule has 0 spiro atoms. The lowest BCUT2D eigenvalue weighted by atomic mass is 10.1. The Morgan fingerprint density at radius 2 is 2.00 bits per heavy atom. The van der Waals surface area contributed by atoms with Crippen LogP contribution >= 0.6 is 0 Å². The summed E-state index contributed by atoms with van der Waals surface area (Å²) >= 11 is 0. The Hall–Kier alpha value is -1.18. The molecule has 0 aliphatic carbocycles. The zero-order valence-corrected chi connectivity index (χ0v) is 5.36. The van der Waals surface area contributed by atoms with Gasteiger partial charge >= 0.3 is 0 Å². The molecule has 0 saturated carbocycles. The fraction of sp³-hybridized carbons (Fsp3) is 0.333. The third-order valence-corrected chi connectivity index (χ3v) is 1.06. The van der Waals surface area contributed by atoms with E-state index in [2.05, 4.69) is 5.18 Å². The maximum atomic E-state index is 10.9. The largest absolute Gasteiger partial charge is 0.145 e. The minimum absolute atomic E-state index is 1.03. The summed E-state index contributed by atoms with van der Waals surface area (Å²) in [5.41, 5.74) is -4.27. The molecular formula is C9H11NO. The van der Waals surface area contributed by atoms with Crippen molar-refractivity contribution in [3.8, 4) is 0 Å². The molecule has 0 atom stereocenters. The normalized spacial score (nSPS) is 27.8. The molecule has 58 valence electrons. The molecule has 1 aromatic rings. The molecule has 2 nitrogen and oxygen atoms in total. The summed E-state index contributed by atoms with van der Waals surface area (Å²) in [5, 5.41) is 2.35. The molecular weight excluding hydrogens is 138 g/mol. The predicted molar refractivity (Wildman–Crippen MR) is 46.1 cm³/mol. The summed E-state index contributed by atoms with van der Waals surface area (Å²) < 4.78 is 81.2. The van der Waals surface area contributed by atoms with Gasteiger partial charge in [0.2, 0.25) is 0 Å². The van der Waals surface area contributed by atoms with E-state index in [1.54, 1.807) is 0 Å². The first-order chi connectivity index (χ1) is 9.64. The van der Waals surface area contributed by atoms with Gasteiger partial charge in [-0.2, -0.15) is 0 Å². The number of benzene rings is 1. The van der Waals surface area contributed by atoms with E-state index >= 15 is 0 Å². The minimum atomic E-state index is -3.13. The van der Waals surface area contributed by atoms with Crippen molar-refractivity contribution in [1.29, 1.82) is 0 Å². The fourth-order valence-electron chi connectivity index (χ4n) is 0.616. The van der Waals surface area contributed by atoms with Crippen LogP contribution in [0.4, 0.5) is 5.69 Å². The molecule has 11 heavy (non-hydrogen) atoms. The molecule has 0 amide bonds. The molecule has 0 aliphatic rings. The van der Waals surface area contributed by atoms with E-state index in [1.165, 1.54) is 0 Å². The molecule has 0 heterocycles. The number of nitroso groups, excluding NO2 is 1. The smallest absolute Gasteiger partial charge is 0.113 e. The molecule has 0 fully saturated rings. The summed E-state index contributed by atoms with van der Waals surface area (Å²) in [6, 6.07) is -2.18. The Bertz CT molecular complexity index is 569. The monoisotopic (exact) mass is 160 g/mol. The van der Waals surface area contributed by atoms with Crippen molar-refractivity contribution >= 4 is 5.69 Å². The van der Waals surface area contributed by atoms with E-state index < -0.39 is 55.0 Å². The Balaban J connectivity index is 4.16. The van der Waals surface area contributed by atoms with Crippen molar-refractivity contribution in [3.63, 3.8) is 0 Å². The third kappa shape index (κ3) is 1.45. The van der Waals surface area contributed by atoms with Crippen LogP contribution in [0.3, 0.4) is 0 Å². The highest BCUT2D eigenvalue weighted by molar-refractivity contribution is 5.53. The van der Waals surface area contributed by atoms with Gasteiger partial charge in [0.05, 0.1) is 2.74 Å². The lowest BCUT2D eigenvalue weighted by Gasteiger charge is -2.02. The number of rotatable bonds is 1. The second-order valence-corrected chi connectivity index (χ2v) is 1.81. The van der Waals surface area contributed by atoms with Crippen LogP contribution in [0.2, 0.25) is 0 Å². The van der Waals surface area contributed by atoms with Crippen LogP contribution in [0.1, 0.15) is 31.8 Å². The standard InChI is InChI=1S/C9H11NO/c1-6-4-7(2)9(10-11)8(3)5-6/h4-5H,1-3H3/i1D3,2D3,3D3,4D,5D. The van der Waals surface area contributed by atoms with Crippen molar-refractivity contribution < 1.29 is 15.1 Å². The fourth-order valence-corrected chi connectivity index (χ4v) is 0.616. The Kier molecular flexibility index (Phi) is 0.452. The molecule has 2 heteroatoms. The maximum absolute atomic E-state index is 10.9. The van der Waals surface area contributed by atoms with Crippen molar-refractivity contribution in [1.82, 2.24) is 0 Å². The molecule has 0 unspecified atom stereocenters. The average Bonchev–Trinajstić information content (AvgIpc) is 2.21. The van der Waals surface area contributed by atoms with E-state index in [-0.39, 0.29) is 0 Å². The lowest BCUT2D eigenvalue weighted by molar-refractivity contribution is 1.28. The van der Waals surface area contributed by atoms with E-state index in [0.29, 0.717) is 0 Å². The molecule has 0 bridgehead atoms. The van der Waals surface area contributed by atoms with E-state index in [0.717, 1.165) is 0 Å². The average molecular weight is 160 g/mol. The zero-order chi connectivity index (χ0) is 17.7. The van der Waals surface area contributed by atoms with E-state index in [1.807, 2.05) is 0 Å². The van der Waals surface area contributed by atoms with Gasteiger partial charge in [-0.25, -0.2) is 0 Å². The van der Waals surface area contributed by atoms with Crippen molar-refractivity contribution in [2.45, 2.75) is 20.6 Å². The van der Waals surface area contributed by atoms with Gasteiger partial charge in [0, 0.05) is 12.3 Å². The van der Waals surface area contributed by atoms with Crippen LogP contribution in [0.15, 0.2) is 17.3 Å². The summed E-state index contributed by atoms with van der Waals surface area (Å²) in [6.45, 7) is -9.35. The van der Waals surface area contributed by atoms with Gasteiger partial charge in [0.25, 0.3) is 0 Å². The first-order valence-electron chi connectivity index (χ1n) is 8.16. The van der Waals surface area contributed by atoms with Crippen molar-refractivity contribution in [3.05, 3.63) is 33.7 Å². The number of nitrogens with zero attached hydrogens (tertiary/aromatic N) is 1. The molecule has 0 N–H and O–H groups in total. The van der Waals surface area contributed by atoms with E-state index in [4.69, 9.17) is 15.1 Å². The first kappa shape index (κ1) is 1.76. The van der Waals surface area contributed by atoms with Gasteiger partial charge < -0.3 is 0 Å². The summed E-state index contributed by atoms with van der Waals surface area (Å²) in [5.74, 6) is 0. The SMILES string of the molecule is [2H]c1c(C([2H])([2H])[2H])c([2H])c(C([2H])([2H])[2H])c(N=O)c1C([2H])([2H])[2H]. The summed E-state index contributed by atoms with van der Waals surface area (Å²) in [7, 11) is 0. The molecule has 0 aromatic heterocycles. The highest BCUT2D eigenvalue weighted by Crippen LogP contribution is 2.24. The van der Waals surface area contributed by atoms with Crippen molar-refractivity contribution in [2.24, 2.45) is 5.18 Å². The van der Waals surface area contributed by atoms with Gasteiger partial charge in [-0.3, -0.25) is 0 Å². The number of hydrogen-bond donors (Lipinski definition) is 0. The second kappa shape index (κ2) is 2.82. The van der Waals surface area contributed by atoms with Gasteiger partial charge in [-0.1, -0.05) is 17.6 Å². The molecule has 0 aliphatic heterocycles. The minimum Gasteiger partial charge on any atom is -0.145 e. The highest BCUT2D eigenvalue weighted by atomic mass is 16.3. The Morgan fingerprint density at radius 1 is 1.36 bits per heavy atom. The third-order valence-electron chi connectivity index (χ3n) is 1.06. The van der Waals surface area contributed by atoms with Crippen LogP contribution < -0.4 is 0 Å². The molecule has 1 aromatic carbocycles. The molecule has 0 saturated heterocycles. The molecule has 1 rings (SSSR count). The zero-order valence-electron chi connectivity index (χ0n) is 16.4. The van der Waals surface area contributed by atoms with E-state index in [9.17, 15) is 4.91 Å². The highest BCUT2D eigenvalue weighted by Gasteiger charge is 2.02. The van der Waals surface area contributed by atoms with Crippen LogP contribution in [0.25, 0.3) is 0 Å². The summed E-state index contributed by atoms with van der Waals surface area (Å²) in [4.78, 5) is 10.9. The molecule has 0 radical (unpaired) electrons. The second-order valence-electron chi connectivity index (χ2n) is 1.81. The van der Waals surface area contributed by atoms with Gasteiger partial charge in [-0.05, 0) is 36.9 Å². The van der Waals surface area contributed by atoms with Crippen LogP contribution in [-0.2, 0) is 0 Å². The summed E-state index contributed by atoms with van der Waals surface area (Å²) in [6.07, 6.45) is 0. The predicted octanol–water partition coefficient (Wildman–Crippen LogP) is 3.01. The quantitative estimate of drug-likeness (QED) is 0.581. The maximum Gasteiger partial charge on any atom is 0.113 e. The van der Waals surface area contributed by atoms with Crippen molar-refractivity contribution in [2.75, 3.05) is 0 Å².